The first-order chi connectivity index (χ1) is 9.20. The summed E-state index contributed by atoms with van der Waals surface area (Å²) < 4.78 is 5.27. The number of amides is 1. The molecule has 19 heavy (non-hydrogen) atoms. The molecular formula is C14H15N3O2. The standard InChI is InChI=1S/C14H15N3O2/c1-17-12-4-2-10(6-9(12)3-5-13(17)18)14-11(7-15)8-16-19-14/h2,4,6,8H,3,5,7,15H2,1H3. The van der Waals surface area contributed by atoms with Gasteiger partial charge >= 0.3 is 0 Å². The maximum absolute atomic E-state index is 11.7. The highest BCUT2D eigenvalue weighted by Crippen LogP contribution is 2.32. The molecule has 1 amide bonds. The quantitative estimate of drug-likeness (QED) is 0.889. The van der Waals surface area contributed by atoms with E-state index in [9.17, 15) is 4.79 Å². The second kappa shape index (κ2) is 4.51. The van der Waals surface area contributed by atoms with Crippen LogP contribution in [0.15, 0.2) is 28.9 Å². The third kappa shape index (κ3) is 1.92. The first kappa shape index (κ1) is 11.9. The normalized spacial score (nSPS) is 14.6. The van der Waals surface area contributed by atoms with Crippen molar-refractivity contribution in [2.45, 2.75) is 19.4 Å². The van der Waals surface area contributed by atoms with E-state index in [1.807, 2.05) is 12.1 Å². The molecule has 0 saturated heterocycles. The van der Waals surface area contributed by atoms with Crippen molar-refractivity contribution in [3.63, 3.8) is 0 Å². The van der Waals surface area contributed by atoms with E-state index in [0.717, 1.165) is 28.8 Å². The number of nitrogens with two attached hydrogens (primary N) is 1. The summed E-state index contributed by atoms with van der Waals surface area (Å²) in [5.74, 6) is 0.868. The van der Waals surface area contributed by atoms with Crippen molar-refractivity contribution >= 4 is 11.6 Å². The summed E-state index contributed by atoms with van der Waals surface area (Å²) in [6.45, 7) is 0.397. The Balaban J connectivity index is 2.05. The van der Waals surface area contributed by atoms with Crippen molar-refractivity contribution in [3.05, 3.63) is 35.5 Å². The molecule has 0 atom stereocenters. The van der Waals surface area contributed by atoms with E-state index in [0.29, 0.717) is 18.7 Å². The number of hydrogen-bond donors (Lipinski definition) is 1. The Labute approximate surface area is 111 Å². The zero-order chi connectivity index (χ0) is 13.4. The van der Waals surface area contributed by atoms with Crippen molar-refractivity contribution in [3.8, 4) is 11.3 Å². The maximum atomic E-state index is 11.7. The van der Waals surface area contributed by atoms with Crippen LogP contribution in [0.3, 0.4) is 0 Å². The van der Waals surface area contributed by atoms with Crippen LogP contribution in [0.1, 0.15) is 17.5 Å². The van der Waals surface area contributed by atoms with Gasteiger partial charge in [-0.25, -0.2) is 0 Å². The number of carbonyl (C=O) groups excluding carboxylic acids is 1. The topological polar surface area (TPSA) is 72.4 Å². The van der Waals surface area contributed by atoms with E-state index in [1.165, 1.54) is 0 Å². The summed E-state index contributed by atoms with van der Waals surface area (Å²) in [6, 6.07) is 5.94. The molecule has 1 aromatic heterocycles. The number of rotatable bonds is 2. The number of aromatic nitrogens is 1. The Bertz CT molecular complexity index is 633. The van der Waals surface area contributed by atoms with Gasteiger partial charge in [-0.1, -0.05) is 5.16 Å². The number of anilines is 1. The number of nitrogens with zero attached hydrogens (tertiary/aromatic N) is 2. The summed E-state index contributed by atoms with van der Waals surface area (Å²) in [5, 5.41) is 3.79. The van der Waals surface area contributed by atoms with E-state index in [1.54, 1.807) is 18.1 Å². The van der Waals surface area contributed by atoms with Gasteiger partial charge in [-0.2, -0.15) is 0 Å². The van der Waals surface area contributed by atoms with Gasteiger partial charge < -0.3 is 15.2 Å². The van der Waals surface area contributed by atoms with E-state index in [-0.39, 0.29) is 5.91 Å². The largest absolute Gasteiger partial charge is 0.356 e. The lowest BCUT2D eigenvalue weighted by atomic mass is 9.97. The Kier molecular flexibility index (Phi) is 2.83. The molecule has 2 heterocycles. The summed E-state index contributed by atoms with van der Waals surface area (Å²) >= 11 is 0. The SMILES string of the molecule is CN1C(=O)CCc2cc(-c3oncc3CN)ccc21. The first-order valence-electron chi connectivity index (χ1n) is 6.24. The molecule has 0 saturated carbocycles. The minimum atomic E-state index is 0.155. The zero-order valence-electron chi connectivity index (χ0n) is 10.7. The number of benzene rings is 1. The van der Waals surface area contributed by atoms with Crippen molar-refractivity contribution in [2.75, 3.05) is 11.9 Å². The molecule has 1 aromatic carbocycles. The summed E-state index contributed by atoms with van der Waals surface area (Å²) in [7, 11) is 1.81. The predicted molar refractivity (Wildman–Crippen MR) is 71.6 cm³/mol. The molecule has 1 aliphatic heterocycles. The molecule has 0 bridgehead atoms. The van der Waals surface area contributed by atoms with Gasteiger partial charge in [0.2, 0.25) is 5.91 Å². The molecule has 1 aliphatic rings. The molecule has 0 aliphatic carbocycles. The molecule has 0 spiro atoms. The van der Waals surface area contributed by atoms with E-state index in [2.05, 4.69) is 11.2 Å². The molecule has 5 heteroatoms. The maximum Gasteiger partial charge on any atom is 0.227 e. The van der Waals surface area contributed by atoms with Crippen LogP contribution in [0.5, 0.6) is 0 Å². The van der Waals surface area contributed by atoms with Crippen molar-refractivity contribution < 1.29 is 9.32 Å². The predicted octanol–water partition coefficient (Wildman–Crippen LogP) is 1.71. The molecular weight excluding hydrogens is 242 g/mol. The minimum Gasteiger partial charge on any atom is -0.356 e. The van der Waals surface area contributed by atoms with Gasteiger partial charge in [0.15, 0.2) is 5.76 Å². The third-order valence-corrected chi connectivity index (χ3v) is 3.55. The molecule has 98 valence electrons. The van der Waals surface area contributed by atoms with Gasteiger partial charge in [-0.3, -0.25) is 4.79 Å². The van der Waals surface area contributed by atoms with Crippen LogP contribution in [0.25, 0.3) is 11.3 Å². The van der Waals surface area contributed by atoms with Crippen molar-refractivity contribution in [2.24, 2.45) is 5.73 Å². The Morgan fingerprint density at radius 2 is 2.26 bits per heavy atom. The number of aryl methyl sites for hydroxylation is 1. The highest BCUT2D eigenvalue weighted by atomic mass is 16.5. The smallest absolute Gasteiger partial charge is 0.227 e. The molecule has 2 N–H and O–H groups in total. The third-order valence-electron chi connectivity index (χ3n) is 3.55. The average molecular weight is 257 g/mol. The summed E-state index contributed by atoms with van der Waals surface area (Å²) in [6.07, 6.45) is 2.95. The Hall–Kier alpha value is -2.14. The first-order valence-corrected chi connectivity index (χ1v) is 6.24. The molecule has 2 aromatic rings. The second-order valence-corrected chi connectivity index (χ2v) is 4.68. The van der Waals surface area contributed by atoms with Crippen molar-refractivity contribution in [1.29, 1.82) is 0 Å². The minimum absolute atomic E-state index is 0.155. The fraction of sp³-hybridized carbons (Fsp3) is 0.286. The van der Waals surface area contributed by atoms with Gasteiger partial charge in [0.25, 0.3) is 0 Å². The van der Waals surface area contributed by atoms with Gasteiger partial charge in [0.05, 0.1) is 6.20 Å². The lowest BCUT2D eigenvalue weighted by Gasteiger charge is -2.25. The highest BCUT2D eigenvalue weighted by Gasteiger charge is 2.21. The monoisotopic (exact) mass is 257 g/mol. The number of carbonyl (C=O) groups is 1. The summed E-state index contributed by atoms with van der Waals surface area (Å²) in [4.78, 5) is 13.4. The Morgan fingerprint density at radius 1 is 1.42 bits per heavy atom. The Morgan fingerprint density at radius 3 is 3.05 bits per heavy atom. The van der Waals surface area contributed by atoms with Gasteiger partial charge in [-0.15, -0.1) is 0 Å². The van der Waals surface area contributed by atoms with Crippen LogP contribution >= 0.6 is 0 Å². The lowest BCUT2D eigenvalue weighted by molar-refractivity contribution is -0.118. The van der Waals surface area contributed by atoms with Crippen LogP contribution in [-0.2, 0) is 17.8 Å². The van der Waals surface area contributed by atoms with Crippen LogP contribution < -0.4 is 10.6 Å². The summed E-state index contributed by atoms with van der Waals surface area (Å²) in [5.41, 5.74) is 9.62. The zero-order valence-corrected chi connectivity index (χ0v) is 10.7. The van der Waals surface area contributed by atoms with Gasteiger partial charge in [0.1, 0.15) is 0 Å². The van der Waals surface area contributed by atoms with E-state index >= 15 is 0 Å². The van der Waals surface area contributed by atoms with Crippen molar-refractivity contribution in [1.82, 2.24) is 5.16 Å². The number of fused-ring (bicyclic) bond motifs is 1. The van der Waals surface area contributed by atoms with Crippen LogP contribution in [0, 0.1) is 0 Å². The molecule has 0 unspecified atom stereocenters. The molecule has 0 fully saturated rings. The molecule has 3 rings (SSSR count). The lowest BCUT2D eigenvalue weighted by Crippen LogP contribution is -2.30. The van der Waals surface area contributed by atoms with Crippen LogP contribution in [0.2, 0.25) is 0 Å². The molecule has 0 radical (unpaired) electrons. The highest BCUT2D eigenvalue weighted by molar-refractivity contribution is 5.96. The van der Waals surface area contributed by atoms with E-state index < -0.39 is 0 Å². The van der Waals surface area contributed by atoms with Crippen LogP contribution in [0.4, 0.5) is 5.69 Å². The fourth-order valence-corrected chi connectivity index (χ4v) is 2.44. The number of hydrogen-bond acceptors (Lipinski definition) is 4. The molecule has 5 nitrogen and oxygen atoms in total. The van der Waals surface area contributed by atoms with Gasteiger partial charge in [-0.05, 0) is 30.2 Å². The van der Waals surface area contributed by atoms with Gasteiger partial charge in [0, 0.05) is 36.8 Å². The fourth-order valence-electron chi connectivity index (χ4n) is 2.44. The van der Waals surface area contributed by atoms with E-state index in [4.69, 9.17) is 10.3 Å². The average Bonchev–Trinajstić information content (AvgIpc) is 2.91. The van der Waals surface area contributed by atoms with Crippen LogP contribution in [-0.4, -0.2) is 18.1 Å². The second-order valence-electron chi connectivity index (χ2n) is 4.68.